The Hall–Kier alpha value is -0.940. The van der Waals surface area contributed by atoms with Gasteiger partial charge in [-0.05, 0) is 25.0 Å². The van der Waals surface area contributed by atoms with Gasteiger partial charge in [-0.15, -0.1) is 0 Å². The molecule has 0 amide bonds. The van der Waals surface area contributed by atoms with Gasteiger partial charge in [0.05, 0.1) is 0 Å². The van der Waals surface area contributed by atoms with Gasteiger partial charge >= 0.3 is 0 Å². The first kappa shape index (κ1) is 18.1. The van der Waals surface area contributed by atoms with E-state index in [-0.39, 0.29) is 4.90 Å². The van der Waals surface area contributed by atoms with Crippen molar-refractivity contribution in [2.45, 2.75) is 57.3 Å². The van der Waals surface area contributed by atoms with Crippen LogP contribution in [-0.4, -0.2) is 25.8 Å². The summed E-state index contributed by atoms with van der Waals surface area (Å²) < 4.78 is 40.5. The molecule has 0 aliphatic carbocycles. The summed E-state index contributed by atoms with van der Waals surface area (Å²) in [6.07, 6.45) is 5.66. The van der Waals surface area contributed by atoms with Gasteiger partial charge in [0.1, 0.15) is 10.7 Å². The molecule has 1 aromatic carbocycles. The molecule has 0 spiro atoms. The Morgan fingerprint density at radius 2 is 1.48 bits per heavy atom. The summed E-state index contributed by atoms with van der Waals surface area (Å²) in [5.41, 5.74) is 0. The molecule has 0 saturated carbocycles. The molecule has 5 heteroatoms. The van der Waals surface area contributed by atoms with E-state index in [1.165, 1.54) is 22.5 Å². The van der Waals surface area contributed by atoms with Gasteiger partial charge in [-0.3, -0.25) is 0 Å². The molecule has 3 nitrogen and oxygen atoms in total. The predicted molar refractivity (Wildman–Crippen MR) is 84.2 cm³/mol. The van der Waals surface area contributed by atoms with Crippen LogP contribution in [0.2, 0.25) is 0 Å². The second-order valence-electron chi connectivity index (χ2n) is 5.25. The van der Waals surface area contributed by atoms with Crippen molar-refractivity contribution in [1.82, 2.24) is 4.31 Å². The highest BCUT2D eigenvalue weighted by molar-refractivity contribution is 7.89. The van der Waals surface area contributed by atoms with Crippen LogP contribution in [0.1, 0.15) is 52.4 Å². The third-order valence-electron chi connectivity index (χ3n) is 3.48. The molecule has 1 rings (SSSR count). The number of halogens is 1. The Bertz CT molecular complexity index is 507. The number of nitrogens with zero attached hydrogens (tertiary/aromatic N) is 1. The van der Waals surface area contributed by atoms with Gasteiger partial charge in [0.25, 0.3) is 0 Å². The summed E-state index contributed by atoms with van der Waals surface area (Å²) in [5, 5.41) is 0. The number of rotatable bonds is 10. The van der Waals surface area contributed by atoms with Crippen LogP contribution in [-0.2, 0) is 10.0 Å². The number of benzene rings is 1. The Kier molecular flexibility index (Phi) is 7.89. The fourth-order valence-corrected chi connectivity index (χ4v) is 3.80. The van der Waals surface area contributed by atoms with Crippen molar-refractivity contribution in [2.75, 3.05) is 13.1 Å². The smallest absolute Gasteiger partial charge is 0.207 e. The lowest BCUT2D eigenvalue weighted by Gasteiger charge is -2.22. The number of hydrogen-bond donors (Lipinski definition) is 0. The molecule has 0 N–H and O–H groups in total. The topological polar surface area (TPSA) is 37.4 Å². The number of hydrogen-bond acceptors (Lipinski definition) is 2. The molecule has 0 bridgehead atoms. The van der Waals surface area contributed by atoms with Crippen molar-refractivity contribution in [3.8, 4) is 0 Å². The van der Waals surface area contributed by atoms with E-state index in [1.807, 2.05) is 0 Å². The highest BCUT2D eigenvalue weighted by Crippen LogP contribution is 2.20. The van der Waals surface area contributed by atoms with Crippen LogP contribution in [0.4, 0.5) is 4.39 Å². The quantitative estimate of drug-likeness (QED) is 0.607. The van der Waals surface area contributed by atoms with E-state index < -0.39 is 15.8 Å². The Balaban J connectivity index is 2.90. The van der Waals surface area contributed by atoms with E-state index in [0.29, 0.717) is 13.1 Å². The second kappa shape index (κ2) is 9.15. The average molecular weight is 315 g/mol. The van der Waals surface area contributed by atoms with Crippen molar-refractivity contribution in [1.29, 1.82) is 0 Å². The van der Waals surface area contributed by atoms with Crippen LogP contribution in [0.5, 0.6) is 0 Å². The highest BCUT2D eigenvalue weighted by atomic mass is 32.2. The molecule has 0 saturated heterocycles. The lowest BCUT2D eigenvalue weighted by atomic mass is 10.2. The van der Waals surface area contributed by atoms with Crippen LogP contribution in [0.15, 0.2) is 29.2 Å². The van der Waals surface area contributed by atoms with Crippen molar-refractivity contribution in [2.24, 2.45) is 0 Å². The molecule has 120 valence electrons. The Labute approximate surface area is 128 Å². The number of sulfonamides is 1. The largest absolute Gasteiger partial charge is 0.245 e. The normalized spacial score (nSPS) is 12.0. The highest BCUT2D eigenvalue weighted by Gasteiger charge is 2.26. The molecule has 0 aliphatic rings. The summed E-state index contributed by atoms with van der Waals surface area (Å²) in [5.74, 6) is -0.673. The summed E-state index contributed by atoms with van der Waals surface area (Å²) in [6.45, 7) is 5.09. The standard InChI is InChI=1S/C16H26FNO2S/c1-3-5-9-13-18(14-10-6-4-2)21(19,20)16-12-8-7-11-15(16)17/h7-8,11-12H,3-6,9-10,13-14H2,1-2H3. The van der Waals surface area contributed by atoms with Gasteiger partial charge in [0.15, 0.2) is 0 Å². The maximum Gasteiger partial charge on any atom is 0.245 e. The zero-order valence-corrected chi connectivity index (χ0v) is 13.8. The molecular weight excluding hydrogens is 289 g/mol. The Morgan fingerprint density at radius 1 is 0.952 bits per heavy atom. The fraction of sp³-hybridized carbons (Fsp3) is 0.625. The zero-order valence-electron chi connectivity index (χ0n) is 13.0. The van der Waals surface area contributed by atoms with E-state index >= 15 is 0 Å². The minimum Gasteiger partial charge on any atom is -0.207 e. The summed E-state index contributed by atoms with van der Waals surface area (Å²) >= 11 is 0. The third kappa shape index (κ3) is 5.40. The van der Waals surface area contributed by atoms with E-state index in [4.69, 9.17) is 0 Å². The van der Waals surface area contributed by atoms with E-state index in [1.54, 1.807) is 6.07 Å². The molecule has 21 heavy (non-hydrogen) atoms. The lowest BCUT2D eigenvalue weighted by Crippen LogP contribution is -2.33. The molecule has 0 atom stereocenters. The minimum absolute atomic E-state index is 0.210. The molecule has 0 radical (unpaired) electrons. The van der Waals surface area contributed by atoms with Crippen LogP contribution in [0.25, 0.3) is 0 Å². The van der Waals surface area contributed by atoms with Crippen molar-refractivity contribution in [3.63, 3.8) is 0 Å². The zero-order chi connectivity index (χ0) is 15.7. The summed E-state index contributed by atoms with van der Waals surface area (Å²) in [6, 6.07) is 5.61. The predicted octanol–water partition coefficient (Wildman–Crippen LogP) is 4.20. The first-order valence-corrected chi connectivity index (χ1v) is 9.22. The van der Waals surface area contributed by atoms with Crippen molar-refractivity contribution >= 4 is 10.0 Å². The first-order chi connectivity index (χ1) is 10.0. The molecular formula is C16H26FNO2S. The van der Waals surface area contributed by atoms with Crippen molar-refractivity contribution < 1.29 is 12.8 Å². The Morgan fingerprint density at radius 3 is 1.95 bits per heavy atom. The van der Waals surface area contributed by atoms with Gasteiger partial charge in [-0.2, -0.15) is 4.31 Å². The van der Waals surface area contributed by atoms with Crippen LogP contribution < -0.4 is 0 Å². The summed E-state index contributed by atoms with van der Waals surface area (Å²) in [4.78, 5) is -0.210. The molecule has 0 aliphatic heterocycles. The van der Waals surface area contributed by atoms with Crippen LogP contribution in [0.3, 0.4) is 0 Å². The van der Waals surface area contributed by atoms with E-state index in [2.05, 4.69) is 13.8 Å². The van der Waals surface area contributed by atoms with Gasteiger partial charge in [0.2, 0.25) is 10.0 Å². The lowest BCUT2D eigenvalue weighted by molar-refractivity contribution is 0.386. The minimum atomic E-state index is -3.73. The maximum absolute atomic E-state index is 13.8. The number of unbranched alkanes of at least 4 members (excludes halogenated alkanes) is 4. The SMILES string of the molecule is CCCCCN(CCCCC)S(=O)(=O)c1ccccc1F. The maximum atomic E-state index is 13.8. The molecule has 0 fully saturated rings. The van der Waals surface area contributed by atoms with Gasteiger partial charge < -0.3 is 0 Å². The molecule has 0 aromatic heterocycles. The fourth-order valence-electron chi connectivity index (χ4n) is 2.22. The molecule has 0 unspecified atom stereocenters. The monoisotopic (exact) mass is 315 g/mol. The van der Waals surface area contributed by atoms with Gasteiger partial charge in [-0.25, -0.2) is 12.8 Å². The first-order valence-electron chi connectivity index (χ1n) is 7.78. The third-order valence-corrected chi connectivity index (χ3v) is 5.41. The van der Waals surface area contributed by atoms with Crippen molar-refractivity contribution in [3.05, 3.63) is 30.1 Å². The second-order valence-corrected chi connectivity index (χ2v) is 7.16. The molecule has 0 heterocycles. The van der Waals surface area contributed by atoms with Crippen LogP contribution in [0, 0.1) is 5.82 Å². The summed E-state index contributed by atoms with van der Waals surface area (Å²) in [7, 11) is -3.73. The van der Waals surface area contributed by atoms with Crippen LogP contribution >= 0.6 is 0 Å². The average Bonchev–Trinajstić information content (AvgIpc) is 2.46. The van der Waals surface area contributed by atoms with Gasteiger partial charge in [0, 0.05) is 13.1 Å². The van der Waals surface area contributed by atoms with E-state index in [0.717, 1.165) is 38.5 Å². The van der Waals surface area contributed by atoms with E-state index in [9.17, 15) is 12.8 Å². The van der Waals surface area contributed by atoms with Gasteiger partial charge in [-0.1, -0.05) is 51.7 Å². The molecule has 1 aromatic rings.